The molecule has 42 heavy (non-hydrogen) atoms. The Balaban J connectivity index is 0. The molecule has 2 N–H and O–H groups in total. The Hall–Kier alpha value is -1.14. The summed E-state index contributed by atoms with van der Waals surface area (Å²) in [6.45, 7) is 4.65. The lowest BCUT2D eigenvalue weighted by atomic mass is 10.0. The molecule has 252 valence electrons. The highest BCUT2D eigenvalue weighted by Gasteiger charge is 2.06. The SMILES string of the molecule is CCCCCCCCCCCCCCCC(=O)OCCOC(=O)CCCCCCCCCCCCCCC.OCCO. The van der Waals surface area contributed by atoms with Crippen LogP contribution < -0.4 is 0 Å². The fourth-order valence-electron chi connectivity index (χ4n) is 5.03. The smallest absolute Gasteiger partial charge is 0.305 e. The van der Waals surface area contributed by atoms with Gasteiger partial charge in [0.15, 0.2) is 0 Å². The van der Waals surface area contributed by atoms with E-state index < -0.39 is 0 Å². The third-order valence-corrected chi connectivity index (χ3v) is 7.68. The van der Waals surface area contributed by atoms with Crippen LogP contribution in [0.15, 0.2) is 0 Å². The molecule has 0 atom stereocenters. The molecule has 0 amide bonds. The number of carbonyl (C=O) groups is 2. The summed E-state index contributed by atoms with van der Waals surface area (Å²) < 4.78 is 10.4. The first-order valence-electron chi connectivity index (χ1n) is 18.1. The summed E-state index contributed by atoms with van der Waals surface area (Å²) in [6.07, 6.45) is 34.7. The molecule has 0 unspecified atom stereocenters. The standard InChI is InChI=1S/C34H66O4.C2H6O2/c1-3-5-7-9-11-13-15-17-19-21-23-25-27-29-33(35)37-31-32-38-34(36)30-28-26-24-22-20-18-16-14-12-10-8-6-4-2;3-1-2-4/h3-32H2,1-2H3;3-4H,1-2H2. The normalized spacial score (nSPS) is 10.8. The number of aliphatic hydroxyl groups excluding tert-OH is 2. The van der Waals surface area contributed by atoms with Crippen molar-refractivity contribution in [2.75, 3.05) is 26.4 Å². The lowest BCUT2D eigenvalue weighted by Crippen LogP contribution is -2.13. The van der Waals surface area contributed by atoms with E-state index in [-0.39, 0.29) is 38.4 Å². The van der Waals surface area contributed by atoms with E-state index in [0.717, 1.165) is 25.7 Å². The Labute approximate surface area is 261 Å². The van der Waals surface area contributed by atoms with E-state index in [4.69, 9.17) is 19.7 Å². The summed E-state index contributed by atoms with van der Waals surface area (Å²) in [6, 6.07) is 0. The Morgan fingerprint density at radius 3 is 0.810 bits per heavy atom. The molecule has 0 fully saturated rings. The monoisotopic (exact) mass is 601 g/mol. The maximum atomic E-state index is 11.8. The molecule has 0 saturated heterocycles. The van der Waals surface area contributed by atoms with Crippen molar-refractivity contribution in [1.29, 1.82) is 0 Å². The van der Waals surface area contributed by atoms with E-state index >= 15 is 0 Å². The minimum atomic E-state index is -0.166. The van der Waals surface area contributed by atoms with Gasteiger partial charge >= 0.3 is 11.9 Å². The van der Waals surface area contributed by atoms with E-state index in [1.54, 1.807) is 0 Å². The molecule has 0 rings (SSSR count). The molecular weight excluding hydrogens is 528 g/mol. The van der Waals surface area contributed by atoms with Crippen LogP contribution in [0.25, 0.3) is 0 Å². The van der Waals surface area contributed by atoms with Crippen molar-refractivity contribution in [3.63, 3.8) is 0 Å². The number of hydrogen-bond acceptors (Lipinski definition) is 6. The molecule has 0 aliphatic rings. The van der Waals surface area contributed by atoms with E-state index in [1.165, 1.54) is 141 Å². The van der Waals surface area contributed by atoms with Crippen molar-refractivity contribution < 1.29 is 29.3 Å². The van der Waals surface area contributed by atoms with Gasteiger partial charge in [-0.25, -0.2) is 0 Å². The van der Waals surface area contributed by atoms with Crippen molar-refractivity contribution in [2.24, 2.45) is 0 Å². The maximum Gasteiger partial charge on any atom is 0.305 e. The summed E-state index contributed by atoms with van der Waals surface area (Å²) in [5, 5.41) is 15.2. The van der Waals surface area contributed by atoms with E-state index in [1.807, 2.05) is 0 Å². The molecule has 0 aromatic rings. The van der Waals surface area contributed by atoms with Crippen molar-refractivity contribution in [3.05, 3.63) is 0 Å². The summed E-state index contributed by atoms with van der Waals surface area (Å²) >= 11 is 0. The van der Waals surface area contributed by atoms with E-state index in [9.17, 15) is 9.59 Å². The summed E-state index contributed by atoms with van der Waals surface area (Å²) in [5.74, 6) is -0.332. The van der Waals surface area contributed by atoms with Crippen LogP contribution in [0.1, 0.15) is 194 Å². The summed E-state index contributed by atoms with van der Waals surface area (Å²) in [7, 11) is 0. The van der Waals surface area contributed by atoms with Crippen LogP contribution in [-0.4, -0.2) is 48.6 Å². The molecule has 0 aliphatic carbocycles. The number of aliphatic hydroxyl groups is 2. The average Bonchev–Trinajstić information content (AvgIpc) is 3.00. The average molecular weight is 601 g/mol. The lowest BCUT2D eigenvalue weighted by Gasteiger charge is -2.07. The molecule has 0 radical (unpaired) electrons. The van der Waals surface area contributed by atoms with Gasteiger partial charge < -0.3 is 19.7 Å². The van der Waals surface area contributed by atoms with Gasteiger partial charge in [-0.2, -0.15) is 0 Å². The third-order valence-electron chi connectivity index (χ3n) is 7.68. The fourth-order valence-corrected chi connectivity index (χ4v) is 5.03. The Morgan fingerprint density at radius 1 is 0.381 bits per heavy atom. The Kier molecular flexibility index (Phi) is 40.8. The second-order valence-electron chi connectivity index (χ2n) is 11.9. The van der Waals surface area contributed by atoms with Gasteiger partial charge in [-0.15, -0.1) is 0 Å². The van der Waals surface area contributed by atoms with Gasteiger partial charge in [0.05, 0.1) is 13.2 Å². The highest BCUT2D eigenvalue weighted by Crippen LogP contribution is 2.14. The van der Waals surface area contributed by atoms with Crippen LogP contribution in [0, 0.1) is 0 Å². The van der Waals surface area contributed by atoms with E-state index in [2.05, 4.69) is 13.8 Å². The number of rotatable bonds is 32. The minimum Gasteiger partial charge on any atom is -0.462 e. The Bertz CT molecular complexity index is 479. The van der Waals surface area contributed by atoms with Crippen LogP contribution in [-0.2, 0) is 19.1 Å². The molecule has 0 heterocycles. The number of ether oxygens (including phenoxy) is 2. The van der Waals surface area contributed by atoms with Crippen molar-refractivity contribution in [3.8, 4) is 0 Å². The minimum absolute atomic E-state index is 0.125. The zero-order chi connectivity index (χ0) is 31.2. The van der Waals surface area contributed by atoms with Gasteiger partial charge in [-0.05, 0) is 12.8 Å². The highest BCUT2D eigenvalue weighted by molar-refractivity contribution is 5.70. The maximum absolute atomic E-state index is 11.8. The molecule has 0 aromatic carbocycles. The largest absolute Gasteiger partial charge is 0.462 e. The molecule has 6 nitrogen and oxygen atoms in total. The first-order valence-corrected chi connectivity index (χ1v) is 18.1. The van der Waals surface area contributed by atoms with Crippen molar-refractivity contribution in [2.45, 2.75) is 194 Å². The molecule has 0 saturated carbocycles. The number of unbranched alkanes of at least 4 members (excludes halogenated alkanes) is 24. The topological polar surface area (TPSA) is 93.1 Å². The first-order chi connectivity index (χ1) is 20.6. The quantitative estimate of drug-likeness (QED) is 0.0589. The highest BCUT2D eigenvalue weighted by atomic mass is 16.6. The second kappa shape index (κ2) is 39.9. The number of esters is 2. The van der Waals surface area contributed by atoms with Gasteiger partial charge in [0.1, 0.15) is 13.2 Å². The van der Waals surface area contributed by atoms with Crippen LogP contribution in [0.2, 0.25) is 0 Å². The van der Waals surface area contributed by atoms with Crippen molar-refractivity contribution >= 4 is 11.9 Å². The molecule has 0 aliphatic heterocycles. The van der Waals surface area contributed by atoms with Crippen LogP contribution in [0.4, 0.5) is 0 Å². The van der Waals surface area contributed by atoms with Crippen LogP contribution >= 0.6 is 0 Å². The molecule has 6 heteroatoms. The zero-order valence-corrected chi connectivity index (χ0v) is 28.2. The second-order valence-corrected chi connectivity index (χ2v) is 11.9. The van der Waals surface area contributed by atoms with Gasteiger partial charge in [0, 0.05) is 12.8 Å². The van der Waals surface area contributed by atoms with Crippen LogP contribution in [0.3, 0.4) is 0 Å². The van der Waals surface area contributed by atoms with E-state index in [0.29, 0.717) is 12.8 Å². The number of hydrogen-bond donors (Lipinski definition) is 2. The molecule has 0 bridgehead atoms. The summed E-state index contributed by atoms with van der Waals surface area (Å²) in [4.78, 5) is 23.7. The number of carbonyl (C=O) groups excluding carboxylic acids is 2. The molecule has 0 spiro atoms. The zero-order valence-electron chi connectivity index (χ0n) is 28.2. The van der Waals surface area contributed by atoms with Crippen molar-refractivity contribution in [1.82, 2.24) is 0 Å². The van der Waals surface area contributed by atoms with Gasteiger partial charge in [-0.3, -0.25) is 9.59 Å². The van der Waals surface area contributed by atoms with Gasteiger partial charge in [-0.1, -0.05) is 168 Å². The third kappa shape index (κ3) is 41.0. The van der Waals surface area contributed by atoms with Gasteiger partial charge in [0.2, 0.25) is 0 Å². The predicted molar refractivity (Wildman–Crippen MR) is 177 cm³/mol. The summed E-state index contributed by atoms with van der Waals surface area (Å²) in [5.41, 5.74) is 0. The first kappa shape index (κ1) is 43.0. The molecular formula is C36H72O6. The predicted octanol–water partition coefficient (Wildman–Crippen LogP) is 10.0. The van der Waals surface area contributed by atoms with Crippen LogP contribution in [0.5, 0.6) is 0 Å². The van der Waals surface area contributed by atoms with Gasteiger partial charge in [0.25, 0.3) is 0 Å². The Morgan fingerprint density at radius 2 is 0.595 bits per heavy atom. The fraction of sp³-hybridized carbons (Fsp3) is 0.944. The lowest BCUT2D eigenvalue weighted by molar-refractivity contribution is -0.152. The molecule has 0 aromatic heterocycles.